The molecule has 0 amide bonds. The Hall–Kier alpha value is -0.480. The molecule has 0 heterocycles. The number of nitrogens with two attached hydrogens (primary N) is 1. The summed E-state index contributed by atoms with van der Waals surface area (Å²) in [7, 11) is 4.15. The maximum absolute atomic E-state index is 11.2. The van der Waals surface area contributed by atoms with Gasteiger partial charge in [0.1, 0.15) is 12.1 Å². The Labute approximate surface area is 126 Å². The van der Waals surface area contributed by atoms with Crippen molar-refractivity contribution < 1.29 is 24.9 Å². The van der Waals surface area contributed by atoms with Crippen molar-refractivity contribution in [3.8, 4) is 0 Å². The summed E-state index contributed by atoms with van der Waals surface area (Å²) in [5, 5.41) is 27.3. The van der Waals surface area contributed by atoms with Gasteiger partial charge < -0.3 is 21.1 Å². The molecule has 0 fully saturated rings. The lowest BCUT2D eigenvalue weighted by molar-refractivity contribution is -0.142. The van der Waals surface area contributed by atoms with Crippen molar-refractivity contribution in [1.29, 1.82) is 0 Å². The van der Waals surface area contributed by atoms with Crippen LogP contribution in [0.15, 0.2) is 0 Å². The fourth-order valence-corrected chi connectivity index (χ4v) is 3.69. The summed E-state index contributed by atoms with van der Waals surface area (Å²) in [6.45, 7) is 2.11. The maximum Gasteiger partial charge on any atom is 0.321 e. The minimum absolute atomic E-state index is 0.216. The van der Waals surface area contributed by atoms with Crippen LogP contribution < -0.4 is 5.73 Å². The van der Waals surface area contributed by atoms with E-state index >= 15 is 0 Å². The number of hydrogen-bond acceptors (Lipinski definition) is 7. The molecule has 0 aliphatic rings. The van der Waals surface area contributed by atoms with Crippen LogP contribution in [-0.2, 0) is 9.59 Å². The van der Waals surface area contributed by atoms with Gasteiger partial charge in [0.2, 0.25) is 0 Å². The van der Waals surface area contributed by atoms with Crippen molar-refractivity contribution in [2.24, 2.45) is 5.73 Å². The lowest BCUT2D eigenvalue weighted by Gasteiger charge is -2.26. The fraction of sp³-hybridized carbons (Fsp3) is 0.818. The topological polar surface area (TPSA) is 124 Å². The number of carboxylic acids is 2. The van der Waals surface area contributed by atoms with Gasteiger partial charge in [-0.25, -0.2) is 0 Å². The number of carboxylic acid groups (broad SMARTS) is 2. The first kappa shape index (κ1) is 19.5. The van der Waals surface area contributed by atoms with Crippen molar-refractivity contribution >= 4 is 33.5 Å². The van der Waals surface area contributed by atoms with E-state index in [0.717, 1.165) is 0 Å². The van der Waals surface area contributed by atoms with Gasteiger partial charge in [-0.1, -0.05) is 28.5 Å². The van der Waals surface area contributed by atoms with E-state index in [9.17, 15) is 14.7 Å². The first-order valence-corrected chi connectivity index (χ1v) is 8.62. The summed E-state index contributed by atoms with van der Waals surface area (Å²) in [4.78, 5) is 23.3. The second kappa shape index (κ2) is 10.3. The highest BCUT2D eigenvalue weighted by molar-refractivity contribution is 8.76. The first-order valence-electron chi connectivity index (χ1n) is 6.13. The summed E-state index contributed by atoms with van der Waals surface area (Å²) in [6.07, 6.45) is 0.00593. The van der Waals surface area contributed by atoms with Crippen molar-refractivity contribution in [3.05, 3.63) is 0 Å². The fourth-order valence-electron chi connectivity index (χ4n) is 1.28. The molecule has 0 aromatic rings. The van der Waals surface area contributed by atoms with Crippen LogP contribution >= 0.6 is 21.6 Å². The summed E-state index contributed by atoms with van der Waals surface area (Å²) < 4.78 is 0. The molecule has 3 unspecified atom stereocenters. The number of nitrogens with zero attached hydrogens (tertiary/aromatic N) is 1. The zero-order chi connectivity index (χ0) is 15.7. The zero-order valence-electron chi connectivity index (χ0n) is 11.6. The van der Waals surface area contributed by atoms with E-state index in [0.29, 0.717) is 12.2 Å². The van der Waals surface area contributed by atoms with Crippen LogP contribution in [0.4, 0.5) is 0 Å². The molecular weight excluding hydrogens is 304 g/mol. The maximum atomic E-state index is 11.2. The van der Waals surface area contributed by atoms with Crippen LogP contribution in [0.1, 0.15) is 13.3 Å². The van der Waals surface area contributed by atoms with E-state index in [1.807, 2.05) is 6.92 Å². The zero-order valence-corrected chi connectivity index (χ0v) is 13.2. The van der Waals surface area contributed by atoms with Crippen molar-refractivity contribution in [3.63, 3.8) is 0 Å². The van der Waals surface area contributed by atoms with E-state index in [1.165, 1.54) is 21.6 Å². The van der Waals surface area contributed by atoms with Crippen LogP contribution in [0.25, 0.3) is 0 Å². The Kier molecular flexibility index (Phi) is 10.0. The molecule has 0 aromatic heterocycles. The standard InChI is InChI=1S/C11H22N2O5S2/c1-3-7(14)4-13(2)9(11(17)18)6-20-19-5-8(12)10(15)16/h7-9,14H,3-6,12H2,1-2H3,(H,15,16)(H,17,18). The average Bonchev–Trinajstić information content (AvgIpc) is 2.37. The molecule has 0 aliphatic heterocycles. The van der Waals surface area contributed by atoms with Crippen LogP contribution in [0, 0.1) is 0 Å². The SMILES string of the molecule is CCC(O)CN(C)C(CSSCC(N)C(=O)O)C(=O)O. The highest BCUT2D eigenvalue weighted by atomic mass is 33.1. The Balaban J connectivity index is 4.15. The van der Waals surface area contributed by atoms with E-state index < -0.39 is 30.1 Å². The van der Waals surface area contributed by atoms with E-state index in [-0.39, 0.29) is 12.3 Å². The van der Waals surface area contributed by atoms with Crippen LogP contribution in [0.5, 0.6) is 0 Å². The molecule has 0 saturated heterocycles. The van der Waals surface area contributed by atoms with Gasteiger partial charge in [0.05, 0.1) is 6.10 Å². The second-order valence-electron chi connectivity index (χ2n) is 4.37. The van der Waals surface area contributed by atoms with Gasteiger partial charge >= 0.3 is 11.9 Å². The molecule has 0 bridgehead atoms. The first-order chi connectivity index (χ1) is 9.29. The van der Waals surface area contributed by atoms with Gasteiger partial charge in [0.15, 0.2) is 0 Å². The van der Waals surface area contributed by atoms with Crippen LogP contribution in [0.3, 0.4) is 0 Å². The second-order valence-corrected chi connectivity index (χ2v) is 6.92. The molecule has 0 radical (unpaired) electrons. The monoisotopic (exact) mass is 326 g/mol. The van der Waals surface area contributed by atoms with E-state index in [1.54, 1.807) is 11.9 Å². The third kappa shape index (κ3) is 7.95. The molecule has 3 atom stereocenters. The van der Waals surface area contributed by atoms with Gasteiger partial charge in [0, 0.05) is 18.1 Å². The molecule has 0 aliphatic carbocycles. The van der Waals surface area contributed by atoms with Crippen molar-refractivity contribution in [1.82, 2.24) is 4.90 Å². The van der Waals surface area contributed by atoms with Crippen molar-refractivity contribution in [2.75, 3.05) is 25.1 Å². The third-order valence-corrected chi connectivity index (χ3v) is 5.09. The number of hydrogen-bond donors (Lipinski definition) is 4. The molecular formula is C11H22N2O5S2. The highest BCUT2D eigenvalue weighted by Gasteiger charge is 2.24. The largest absolute Gasteiger partial charge is 0.480 e. The van der Waals surface area contributed by atoms with Gasteiger partial charge in [-0.2, -0.15) is 0 Å². The van der Waals surface area contributed by atoms with Crippen LogP contribution in [-0.4, -0.2) is 75.4 Å². The summed E-state index contributed by atoms with van der Waals surface area (Å²) in [5.74, 6) is -1.53. The van der Waals surface area contributed by atoms with Gasteiger partial charge in [-0.05, 0) is 13.5 Å². The summed E-state index contributed by atoms with van der Waals surface area (Å²) in [6, 6.07) is -1.68. The normalized spacial score (nSPS) is 15.8. The number of likely N-dealkylation sites (N-methyl/N-ethyl adjacent to an activating group) is 1. The predicted octanol–water partition coefficient (Wildman–Crippen LogP) is -0.0644. The molecule has 0 aromatic carbocycles. The molecule has 5 N–H and O–H groups in total. The minimum atomic E-state index is -1.07. The highest BCUT2D eigenvalue weighted by Crippen LogP contribution is 2.24. The lowest BCUT2D eigenvalue weighted by atomic mass is 10.2. The van der Waals surface area contributed by atoms with Gasteiger partial charge in [0.25, 0.3) is 0 Å². The Morgan fingerprint density at radius 2 is 1.75 bits per heavy atom. The number of carbonyl (C=O) groups is 2. The molecule has 9 heteroatoms. The Morgan fingerprint density at radius 3 is 2.20 bits per heavy atom. The average molecular weight is 326 g/mol. The Bertz CT molecular complexity index is 319. The smallest absolute Gasteiger partial charge is 0.321 e. The quantitative estimate of drug-likeness (QED) is 0.305. The van der Waals surface area contributed by atoms with Gasteiger partial charge in [-0.3, -0.25) is 14.5 Å². The number of aliphatic hydroxyl groups is 1. The minimum Gasteiger partial charge on any atom is -0.480 e. The van der Waals surface area contributed by atoms with Gasteiger partial charge in [-0.15, -0.1) is 0 Å². The summed E-state index contributed by atoms with van der Waals surface area (Å²) in [5.41, 5.74) is 5.34. The van der Waals surface area contributed by atoms with E-state index in [4.69, 9.17) is 15.9 Å². The molecule has 0 saturated carbocycles. The number of aliphatic carboxylic acids is 2. The van der Waals surface area contributed by atoms with Crippen LogP contribution in [0.2, 0.25) is 0 Å². The molecule has 0 rings (SSSR count). The van der Waals surface area contributed by atoms with Crippen molar-refractivity contribution in [2.45, 2.75) is 31.5 Å². The molecule has 20 heavy (non-hydrogen) atoms. The molecule has 118 valence electrons. The third-order valence-electron chi connectivity index (χ3n) is 2.66. The lowest BCUT2D eigenvalue weighted by Crippen LogP contribution is -2.43. The van der Waals surface area contributed by atoms with E-state index in [2.05, 4.69) is 0 Å². The summed E-state index contributed by atoms with van der Waals surface area (Å²) >= 11 is 0. The molecule has 7 nitrogen and oxygen atoms in total. The predicted molar refractivity (Wildman–Crippen MR) is 80.9 cm³/mol. The Morgan fingerprint density at radius 1 is 1.20 bits per heavy atom. The number of rotatable bonds is 11. The molecule has 0 spiro atoms. The number of aliphatic hydroxyl groups excluding tert-OH is 1.